The molecule has 0 atom stereocenters. The van der Waals surface area contributed by atoms with E-state index < -0.39 is 0 Å². The van der Waals surface area contributed by atoms with Gasteiger partial charge in [-0.3, -0.25) is 9.78 Å². The molecule has 3 rings (SSSR count). The van der Waals surface area contributed by atoms with Gasteiger partial charge >= 0.3 is 0 Å². The Kier molecular flexibility index (Phi) is 4.60. The van der Waals surface area contributed by atoms with Crippen LogP contribution >= 0.6 is 0 Å². The number of aryl methyl sites for hydroxylation is 3. The fourth-order valence-corrected chi connectivity index (χ4v) is 2.74. The summed E-state index contributed by atoms with van der Waals surface area (Å²) in [5, 5.41) is 2.94. The van der Waals surface area contributed by atoms with E-state index in [1.165, 1.54) is 5.56 Å². The molecule has 0 spiro atoms. The average molecular weight is 310 g/mol. The molecular weight excluding hydrogens is 288 g/mol. The van der Waals surface area contributed by atoms with Crippen LogP contribution < -0.4 is 10.1 Å². The van der Waals surface area contributed by atoms with Gasteiger partial charge in [-0.05, 0) is 55.5 Å². The number of aromatic nitrogens is 1. The molecule has 23 heavy (non-hydrogen) atoms. The SMILES string of the molecule is Cc1ccc(CNC(=O)Cc2ccc3c(c2)CCCO3)nc1C. The van der Waals surface area contributed by atoms with Crippen molar-refractivity contribution in [2.45, 2.75) is 39.7 Å². The number of amides is 1. The molecule has 0 fully saturated rings. The Labute approximate surface area is 136 Å². The van der Waals surface area contributed by atoms with Crippen LogP contribution in [0.15, 0.2) is 30.3 Å². The van der Waals surface area contributed by atoms with Crippen molar-refractivity contribution in [1.29, 1.82) is 0 Å². The molecule has 120 valence electrons. The maximum absolute atomic E-state index is 12.1. The van der Waals surface area contributed by atoms with E-state index in [-0.39, 0.29) is 5.91 Å². The van der Waals surface area contributed by atoms with E-state index in [2.05, 4.69) is 16.4 Å². The number of nitrogens with zero attached hydrogens (tertiary/aromatic N) is 1. The Morgan fingerprint density at radius 2 is 2.13 bits per heavy atom. The highest BCUT2D eigenvalue weighted by Crippen LogP contribution is 2.25. The third-order valence-corrected chi connectivity index (χ3v) is 4.21. The second-order valence-electron chi connectivity index (χ2n) is 6.05. The van der Waals surface area contributed by atoms with Crippen LogP contribution in [-0.4, -0.2) is 17.5 Å². The smallest absolute Gasteiger partial charge is 0.224 e. The van der Waals surface area contributed by atoms with Gasteiger partial charge in [0.2, 0.25) is 5.91 Å². The molecule has 1 aromatic heterocycles. The Hall–Kier alpha value is -2.36. The van der Waals surface area contributed by atoms with E-state index in [0.29, 0.717) is 13.0 Å². The first kappa shape index (κ1) is 15.5. The van der Waals surface area contributed by atoms with E-state index in [1.54, 1.807) is 0 Å². The second kappa shape index (κ2) is 6.82. The van der Waals surface area contributed by atoms with Crippen molar-refractivity contribution in [3.63, 3.8) is 0 Å². The van der Waals surface area contributed by atoms with Crippen LogP contribution in [0.5, 0.6) is 5.75 Å². The van der Waals surface area contributed by atoms with Crippen LogP contribution in [0.3, 0.4) is 0 Å². The minimum absolute atomic E-state index is 0.0155. The van der Waals surface area contributed by atoms with Crippen LogP contribution in [-0.2, 0) is 24.2 Å². The van der Waals surface area contributed by atoms with Gasteiger partial charge in [0.05, 0.1) is 25.3 Å². The van der Waals surface area contributed by atoms with Gasteiger partial charge in [-0.2, -0.15) is 0 Å². The number of pyridine rings is 1. The van der Waals surface area contributed by atoms with E-state index in [9.17, 15) is 4.79 Å². The summed E-state index contributed by atoms with van der Waals surface area (Å²) >= 11 is 0. The molecule has 1 aliphatic rings. The lowest BCUT2D eigenvalue weighted by molar-refractivity contribution is -0.120. The van der Waals surface area contributed by atoms with Gasteiger partial charge in [0.25, 0.3) is 0 Å². The number of nitrogens with one attached hydrogen (secondary N) is 1. The zero-order valence-electron chi connectivity index (χ0n) is 13.7. The Morgan fingerprint density at radius 3 is 2.96 bits per heavy atom. The third-order valence-electron chi connectivity index (χ3n) is 4.21. The second-order valence-corrected chi connectivity index (χ2v) is 6.05. The lowest BCUT2D eigenvalue weighted by Crippen LogP contribution is -2.25. The van der Waals surface area contributed by atoms with E-state index >= 15 is 0 Å². The number of hydrogen-bond acceptors (Lipinski definition) is 3. The number of fused-ring (bicyclic) bond motifs is 1. The minimum atomic E-state index is 0.0155. The van der Waals surface area contributed by atoms with Gasteiger partial charge in [0, 0.05) is 5.69 Å². The molecular formula is C19H22N2O2. The van der Waals surface area contributed by atoms with Crippen molar-refractivity contribution < 1.29 is 9.53 Å². The van der Waals surface area contributed by atoms with Crippen LogP contribution in [0.2, 0.25) is 0 Å². The molecule has 0 unspecified atom stereocenters. The summed E-state index contributed by atoms with van der Waals surface area (Å²) in [5.74, 6) is 0.974. The zero-order valence-corrected chi connectivity index (χ0v) is 13.7. The van der Waals surface area contributed by atoms with Crippen molar-refractivity contribution in [1.82, 2.24) is 10.3 Å². The number of ether oxygens (including phenoxy) is 1. The maximum atomic E-state index is 12.1. The monoisotopic (exact) mass is 310 g/mol. The predicted octanol–water partition coefficient (Wildman–Crippen LogP) is 2.88. The minimum Gasteiger partial charge on any atom is -0.493 e. The number of carbonyl (C=O) groups is 1. The molecule has 4 heteroatoms. The summed E-state index contributed by atoms with van der Waals surface area (Å²) in [6.45, 7) is 5.27. The molecule has 1 amide bonds. The molecule has 1 aromatic carbocycles. The van der Waals surface area contributed by atoms with Gasteiger partial charge in [0.15, 0.2) is 0 Å². The van der Waals surface area contributed by atoms with E-state index in [0.717, 1.165) is 47.7 Å². The summed E-state index contributed by atoms with van der Waals surface area (Å²) in [5.41, 5.74) is 5.29. The van der Waals surface area contributed by atoms with Crippen LogP contribution in [0, 0.1) is 13.8 Å². The molecule has 0 bridgehead atoms. The Balaban J connectivity index is 1.57. The quantitative estimate of drug-likeness (QED) is 0.944. The molecule has 2 heterocycles. The molecule has 1 aliphatic heterocycles. The first-order valence-corrected chi connectivity index (χ1v) is 8.06. The Bertz CT molecular complexity index is 725. The summed E-state index contributed by atoms with van der Waals surface area (Å²) in [4.78, 5) is 16.6. The molecule has 0 saturated heterocycles. The summed E-state index contributed by atoms with van der Waals surface area (Å²) in [7, 11) is 0. The molecule has 0 aliphatic carbocycles. The highest BCUT2D eigenvalue weighted by Gasteiger charge is 2.12. The standard InChI is InChI=1S/C19H22N2O2/c1-13-5-7-17(21-14(13)2)12-20-19(22)11-15-6-8-18-16(10-15)4-3-9-23-18/h5-8,10H,3-4,9,11-12H2,1-2H3,(H,20,22). The van der Waals surface area contributed by atoms with Crippen LogP contribution in [0.25, 0.3) is 0 Å². The lowest BCUT2D eigenvalue weighted by Gasteiger charge is -2.17. The first-order chi connectivity index (χ1) is 11.1. The van der Waals surface area contributed by atoms with Gasteiger partial charge < -0.3 is 10.1 Å². The Morgan fingerprint density at radius 1 is 1.26 bits per heavy atom. The molecule has 0 radical (unpaired) electrons. The fourth-order valence-electron chi connectivity index (χ4n) is 2.74. The average Bonchev–Trinajstić information content (AvgIpc) is 2.56. The molecule has 4 nitrogen and oxygen atoms in total. The summed E-state index contributed by atoms with van der Waals surface area (Å²) < 4.78 is 5.60. The lowest BCUT2D eigenvalue weighted by atomic mass is 10.0. The van der Waals surface area contributed by atoms with Gasteiger partial charge in [-0.1, -0.05) is 18.2 Å². The van der Waals surface area contributed by atoms with Gasteiger partial charge in [-0.15, -0.1) is 0 Å². The highest BCUT2D eigenvalue weighted by atomic mass is 16.5. The van der Waals surface area contributed by atoms with Crippen molar-refractivity contribution in [2.24, 2.45) is 0 Å². The predicted molar refractivity (Wildman–Crippen MR) is 89.5 cm³/mol. The topological polar surface area (TPSA) is 51.2 Å². The number of hydrogen-bond donors (Lipinski definition) is 1. The van der Waals surface area contributed by atoms with Crippen LogP contribution in [0.1, 0.15) is 34.5 Å². The summed E-state index contributed by atoms with van der Waals surface area (Å²) in [6.07, 6.45) is 2.45. The largest absolute Gasteiger partial charge is 0.493 e. The van der Waals surface area contributed by atoms with Crippen molar-refractivity contribution in [3.8, 4) is 5.75 Å². The van der Waals surface area contributed by atoms with E-state index in [1.807, 2.05) is 38.1 Å². The fraction of sp³-hybridized carbons (Fsp3) is 0.368. The maximum Gasteiger partial charge on any atom is 0.224 e. The zero-order chi connectivity index (χ0) is 16.2. The molecule has 1 N–H and O–H groups in total. The number of carbonyl (C=O) groups excluding carboxylic acids is 1. The van der Waals surface area contributed by atoms with Crippen molar-refractivity contribution >= 4 is 5.91 Å². The summed E-state index contributed by atoms with van der Waals surface area (Å²) in [6, 6.07) is 10.0. The number of benzene rings is 1. The van der Waals surface area contributed by atoms with E-state index in [4.69, 9.17) is 4.74 Å². The highest BCUT2D eigenvalue weighted by molar-refractivity contribution is 5.78. The van der Waals surface area contributed by atoms with Crippen molar-refractivity contribution in [2.75, 3.05) is 6.61 Å². The first-order valence-electron chi connectivity index (χ1n) is 8.06. The molecule has 2 aromatic rings. The number of rotatable bonds is 4. The molecule has 0 saturated carbocycles. The van der Waals surface area contributed by atoms with Gasteiger partial charge in [0.1, 0.15) is 5.75 Å². The normalized spacial score (nSPS) is 13.1. The third kappa shape index (κ3) is 3.89. The van der Waals surface area contributed by atoms with Crippen LogP contribution in [0.4, 0.5) is 0 Å². The van der Waals surface area contributed by atoms with Crippen molar-refractivity contribution in [3.05, 3.63) is 58.4 Å². The van der Waals surface area contributed by atoms with Gasteiger partial charge in [-0.25, -0.2) is 0 Å².